The maximum Gasteiger partial charge on any atom is 0.332 e. The molecule has 1 aromatic carbocycles. The van der Waals surface area contributed by atoms with Gasteiger partial charge in [0.1, 0.15) is 0 Å². The largest absolute Gasteiger partial charge is 0.397 e. The van der Waals surface area contributed by atoms with Crippen LogP contribution in [0.1, 0.15) is 25.5 Å². The number of nitrogen functional groups attached to an aromatic ring is 1. The van der Waals surface area contributed by atoms with Crippen molar-refractivity contribution in [3.05, 3.63) is 56.9 Å². The maximum atomic E-state index is 13.7. The zero-order valence-electron chi connectivity index (χ0n) is 19.9. The number of para-hydroxylation sites is 1. The van der Waals surface area contributed by atoms with Crippen LogP contribution < -0.4 is 27.6 Å². The van der Waals surface area contributed by atoms with E-state index in [1.165, 1.54) is 9.13 Å². The third kappa shape index (κ3) is 3.94. The molecule has 180 valence electrons. The minimum atomic E-state index is -0.460. The van der Waals surface area contributed by atoms with Crippen molar-refractivity contribution in [2.45, 2.75) is 38.9 Å². The number of aryl methyl sites for hydroxylation is 1. The first kappa shape index (κ1) is 22.7. The number of pyridine rings is 1. The lowest BCUT2D eigenvalue weighted by Crippen LogP contribution is -2.44. The van der Waals surface area contributed by atoms with E-state index in [0.29, 0.717) is 40.6 Å². The van der Waals surface area contributed by atoms with E-state index >= 15 is 0 Å². The monoisotopic (exact) mass is 472 g/mol. The average molecular weight is 473 g/mol. The van der Waals surface area contributed by atoms with Gasteiger partial charge in [-0.1, -0.05) is 24.1 Å². The Morgan fingerprint density at radius 1 is 1.14 bits per heavy atom. The van der Waals surface area contributed by atoms with Crippen LogP contribution in [-0.2, 0) is 20.1 Å². The fraction of sp³-hybridized carbons (Fsp3) is 0.360. The molecule has 3 aromatic heterocycles. The molecule has 0 bridgehead atoms. The van der Waals surface area contributed by atoms with Crippen LogP contribution in [0.5, 0.6) is 0 Å². The van der Waals surface area contributed by atoms with E-state index in [0.717, 1.165) is 24.8 Å². The van der Waals surface area contributed by atoms with E-state index in [4.69, 9.17) is 16.5 Å². The highest BCUT2D eigenvalue weighted by Crippen LogP contribution is 2.23. The molecule has 1 unspecified atom stereocenters. The lowest BCUT2D eigenvalue weighted by Gasteiger charge is -2.31. The van der Waals surface area contributed by atoms with Crippen molar-refractivity contribution >= 4 is 33.7 Å². The Hall–Kier alpha value is -4.10. The second-order valence-corrected chi connectivity index (χ2v) is 8.90. The van der Waals surface area contributed by atoms with Gasteiger partial charge in [0.05, 0.1) is 30.0 Å². The Balaban J connectivity index is 1.68. The first-order chi connectivity index (χ1) is 16.9. The van der Waals surface area contributed by atoms with Gasteiger partial charge in [-0.25, -0.2) is 9.78 Å². The average Bonchev–Trinajstić information content (AvgIpc) is 3.24. The number of fused-ring (bicyclic) bond motifs is 2. The third-order valence-electron chi connectivity index (χ3n) is 6.50. The standard InChI is InChI=1S/C25H28N8O2/c1-3-4-13-32-21-22(29-24(32)31-12-6-8-17(26)14-31)30(2)25(35)33(23(21)34)15-18-11-10-16-7-5-9-19(27)20(16)28-18/h5,7,9-11,17H,6,8,12-15,26-27H2,1-2H3. The Labute approximate surface area is 201 Å². The van der Waals surface area contributed by atoms with Gasteiger partial charge in [-0.05, 0) is 31.9 Å². The Morgan fingerprint density at radius 3 is 2.74 bits per heavy atom. The van der Waals surface area contributed by atoms with E-state index in [-0.39, 0.29) is 19.1 Å². The van der Waals surface area contributed by atoms with Crippen LogP contribution in [0.2, 0.25) is 0 Å². The molecule has 0 aliphatic carbocycles. The molecule has 0 radical (unpaired) electrons. The summed E-state index contributed by atoms with van der Waals surface area (Å²) in [6, 6.07) is 9.28. The number of aromatic nitrogens is 5. The van der Waals surface area contributed by atoms with Crippen LogP contribution in [0, 0.1) is 11.8 Å². The number of hydrogen-bond acceptors (Lipinski definition) is 7. The van der Waals surface area contributed by atoms with Gasteiger partial charge in [-0.15, -0.1) is 5.92 Å². The molecule has 4 heterocycles. The fourth-order valence-electron chi connectivity index (χ4n) is 4.70. The van der Waals surface area contributed by atoms with Gasteiger partial charge >= 0.3 is 5.69 Å². The summed E-state index contributed by atoms with van der Waals surface area (Å²) in [7, 11) is 1.63. The molecular weight excluding hydrogens is 444 g/mol. The number of rotatable bonds is 4. The summed E-state index contributed by atoms with van der Waals surface area (Å²) in [4.78, 5) is 38.4. The molecule has 1 atom stereocenters. The highest BCUT2D eigenvalue weighted by atomic mass is 16.2. The zero-order chi connectivity index (χ0) is 24.7. The van der Waals surface area contributed by atoms with Gasteiger partial charge in [0.25, 0.3) is 5.56 Å². The lowest BCUT2D eigenvalue weighted by molar-refractivity contribution is 0.496. The minimum absolute atomic E-state index is 0.0142. The first-order valence-corrected chi connectivity index (χ1v) is 11.6. The zero-order valence-corrected chi connectivity index (χ0v) is 19.9. The summed E-state index contributed by atoms with van der Waals surface area (Å²) in [6.45, 7) is 3.46. The molecule has 5 rings (SSSR count). The van der Waals surface area contributed by atoms with Crippen molar-refractivity contribution in [1.29, 1.82) is 0 Å². The Morgan fingerprint density at radius 2 is 1.97 bits per heavy atom. The molecule has 1 fully saturated rings. The molecule has 4 aromatic rings. The summed E-state index contributed by atoms with van der Waals surface area (Å²) < 4.78 is 4.41. The highest BCUT2D eigenvalue weighted by molar-refractivity contribution is 5.89. The number of nitrogens with two attached hydrogens (primary N) is 2. The lowest BCUT2D eigenvalue weighted by atomic mass is 10.1. The predicted octanol–water partition coefficient (Wildman–Crippen LogP) is 1.03. The van der Waals surface area contributed by atoms with Crippen LogP contribution in [0.3, 0.4) is 0 Å². The van der Waals surface area contributed by atoms with Gasteiger partial charge in [0.15, 0.2) is 11.2 Å². The van der Waals surface area contributed by atoms with Crippen LogP contribution in [0.15, 0.2) is 39.9 Å². The van der Waals surface area contributed by atoms with Crippen molar-refractivity contribution in [3.63, 3.8) is 0 Å². The molecule has 0 spiro atoms. The van der Waals surface area contributed by atoms with E-state index in [1.54, 1.807) is 30.7 Å². The molecule has 4 N–H and O–H groups in total. The number of anilines is 2. The molecule has 10 heteroatoms. The van der Waals surface area contributed by atoms with Gasteiger partial charge in [0.2, 0.25) is 5.95 Å². The summed E-state index contributed by atoms with van der Waals surface area (Å²) in [5.74, 6) is 6.54. The molecule has 35 heavy (non-hydrogen) atoms. The first-order valence-electron chi connectivity index (χ1n) is 11.6. The smallest absolute Gasteiger partial charge is 0.332 e. The van der Waals surface area contributed by atoms with Gasteiger partial charge in [-0.2, -0.15) is 4.98 Å². The Kier molecular flexibility index (Phi) is 5.78. The van der Waals surface area contributed by atoms with Crippen LogP contribution in [-0.4, -0.2) is 42.8 Å². The van der Waals surface area contributed by atoms with Crippen molar-refractivity contribution in [3.8, 4) is 11.8 Å². The molecule has 1 aliphatic heterocycles. The van der Waals surface area contributed by atoms with Crippen molar-refractivity contribution in [2.24, 2.45) is 12.8 Å². The van der Waals surface area contributed by atoms with E-state index in [9.17, 15) is 9.59 Å². The van der Waals surface area contributed by atoms with Crippen molar-refractivity contribution in [2.75, 3.05) is 23.7 Å². The number of imidazole rings is 1. The minimum Gasteiger partial charge on any atom is -0.397 e. The summed E-state index contributed by atoms with van der Waals surface area (Å²) >= 11 is 0. The van der Waals surface area contributed by atoms with Crippen LogP contribution >= 0.6 is 0 Å². The molecule has 10 nitrogen and oxygen atoms in total. The summed E-state index contributed by atoms with van der Waals surface area (Å²) in [5.41, 5.74) is 13.8. The summed E-state index contributed by atoms with van der Waals surface area (Å²) in [5, 5.41) is 0.894. The second-order valence-electron chi connectivity index (χ2n) is 8.90. The van der Waals surface area contributed by atoms with E-state index in [2.05, 4.69) is 21.7 Å². The molecule has 0 saturated carbocycles. The topological polar surface area (TPSA) is 130 Å². The normalized spacial score (nSPS) is 16.0. The van der Waals surface area contributed by atoms with Gasteiger partial charge in [-0.3, -0.25) is 18.5 Å². The SMILES string of the molecule is CC#CCn1c(N2CCCC(N)C2)nc2c1c(=O)n(Cc1ccc3cccc(N)c3n1)c(=O)n2C. The number of hydrogen-bond donors (Lipinski definition) is 2. The third-order valence-corrected chi connectivity index (χ3v) is 6.50. The summed E-state index contributed by atoms with van der Waals surface area (Å²) in [6.07, 6.45) is 1.88. The molecule has 0 amide bonds. The Bertz CT molecular complexity index is 1620. The number of piperidine rings is 1. The van der Waals surface area contributed by atoms with Crippen molar-refractivity contribution in [1.82, 2.24) is 23.7 Å². The van der Waals surface area contributed by atoms with Crippen molar-refractivity contribution < 1.29 is 0 Å². The van der Waals surface area contributed by atoms with Crippen LogP contribution in [0.25, 0.3) is 22.1 Å². The van der Waals surface area contributed by atoms with E-state index in [1.807, 2.05) is 18.2 Å². The molecular formula is C25H28N8O2. The molecule has 1 aliphatic rings. The number of benzene rings is 1. The predicted molar refractivity (Wildman–Crippen MR) is 137 cm³/mol. The quantitative estimate of drug-likeness (QED) is 0.335. The van der Waals surface area contributed by atoms with Gasteiger partial charge < -0.3 is 16.4 Å². The van der Waals surface area contributed by atoms with Crippen LogP contribution in [0.4, 0.5) is 11.6 Å². The highest BCUT2D eigenvalue weighted by Gasteiger charge is 2.26. The number of nitrogens with zero attached hydrogens (tertiary/aromatic N) is 6. The molecule has 1 saturated heterocycles. The second kappa shape index (κ2) is 8.92. The van der Waals surface area contributed by atoms with E-state index < -0.39 is 11.2 Å². The van der Waals surface area contributed by atoms with Gasteiger partial charge in [0, 0.05) is 31.6 Å². The fourth-order valence-corrected chi connectivity index (χ4v) is 4.70. The maximum absolute atomic E-state index is 13.7.